The van der Waals surface area contributed by atoms with Gasteiger partial charge in [0.05, 0.1) is 5.84 Å². The fraction of sp³-hybridized carbons (Fsp3) is 0.533. The summed E-state index contributed by atoms with van der Waals surface area (Å²) < 4.78 is 0. The van der Waals surface area contributed by atoms with Gasteiger partial charge in [-0.15, -0.1) is 0 Å². The molecule has 17 heavy (non-hydrogen) atoms. The molecule has 2 heteroatoms. The summed E-state index contributed by atoms with van der Waals surface area (Å²) in [7, 11) is 0. The topological polar surface area (TPSA) is 27.1 Å². The first-order valence-corrected chi connectivity index (χ1v) is 6.51. The van der Waals surface area contributed by atoms with Crippen LogP contribution in [0.4, 0.5) is 0 Å². The maximum absolute atomic E-state index is 7.63. The van der Waals surface area contributed by atoms with Crippen LogP contribution in [0.25, 0.3) is 0 Å². The van der Waals surface area contributed by atoms with Crippen molar-refractivity contribution in [1.82, 2.24) is 4.90 Å². The van der Waals surface area contributed by atoms with Gasteiger partial charge in [-0.05, 0) is 44.6 Å². The van der Waals surface area contributed by atoms with Gasteiger partial charge < -0.3 is 4.90 Å². The molecular formula is C15H22N2. The third kappa shape index (κ3) is 3.32. The van der Waals surface area contributed by atoms with Gasteiger partial charge in [0, 0.05) is 13.1 Å². The van der Waals surface area contributed by atoms with Crippen LogP contribution in [0, 0.1) is 18.3 Å². The van der Waals surface area contributed by atoms with Gasteiger partial charge in [0.1, 0.15) is 0 Å². The van der Waals surface area contributed by atoms with Gasteiger partial charge in [-0.1, -0.05) is 29.8 Å². The molecule has 0 radical (unpaired) electrons. The van der Waals surface area contributed by atoms with Gasteiger partial charge in [0.25, 0.3) is 0 Å². The molecule has 0 amide bonds. The summed E-state index contributed by atoms with van der Waals surface area (Å²) in [6.07, 6.45) is 3.65. The van der Waals surface area contributed by atoms with Gasteiger partial charge in [-0.25, -0.2) is 0 Å². The minimum absolute atomic E-state index is 0.721. The number of aryl methyl sites for hydroxylation is 1. The zero-order valence-corrected chi connectivity index (χ0v) is 10.9. The molecule has 1 fully saturated rings. The molecular weight excluding hydrogens is 208 g/mol. The summed E-state index contributed by atoms with van der Waals surface area (Å²) in [5.41, 5.74) is 2.80. The first kappa shape index (κ1) is 12.2. The largest absolute Gasteiger partial charge is 0.361 e. The van der Waals surface area contributed by atoms with Crippen molar-refractivity contribution in [3.05, 3.63) is 35.4 Å². The Hall–Kier alpha value is -1.31. The van der Waals surface area contributed by atoms with Gasteiger partial charge in [0.2, 0.25) is 0 Å². The Kier molecular flexibility index (Phi) is 3.82. The Morgan fingerprint density at radius 2 is 1.82 bits per heavy atom. The van der Waals surface area contributed by atoms with Gasteiger partial charge in [-0.2, -0.15) is 0 Å². The summed E-state index contributed by atoms with van der Waals surface area (Å²) in [6, 6.07) is 8.91. The lowest BCUT2D eigenvalue weighted by molar-refractivity contribution is 0.263. The van der Waals surface area contributed by atoms with Crippen LogP contribution in [-0.4, -0.2) is 23.8 Å². The molecule has 1 aliphatic heterocycles. The molecule has 1 saturated heterocycles. The number of nitrogens with zero attached hydrogens (tertiary/aromatic N) is 1. The second-order valence-corrected chi connectivity index (χ2v) is 5.21. The lowest BCUT2D eigenvalue weighted by atomic mass is 9.90. The number of likely N-dealkylation sites (tertiary alicyclic amines) is 1. The summed E-state index contributed by atoms with van der Waals surface area (Å²) in [4.78, 5) is 2.19. The smallest absolute Gasteiger partial charge is 0.0925 e. The van der Waals surface area contributed by atoms with Crippen molar-refractivity contribution < 1.29 is 0 Å². The highest BCUT2D eigenvalue weighted by Gasteiger charge is 2.19. The zero-order valence-electron chi connectivity index (χ0n) is 10.9. The zero-order chi connectivity index (χ0) is 12.3. The average Bonchev–Trinajstić information content (AvgIpc) is 2.33. The normalized spacial score (nSPS) is 17.2. The fourth-order valence-electron chi connectivity index (χ4n) is 2.53. The molecule has 0 unspecified atom stereocenters. The molecule has 0 atom stereocenters. The summed E-state index contributed by atoms with van der Waals surface area (Å²) in [5.74, 6) is 1.52. The van der Waals surface area contributed by atoms with Crippen molar-refractivity contribution in [1.29, 1.82) is 5.41 Å². The maximum atomic E-state index is 7.63. The average molecular weight is 230 g/mol. The lowest BCUT2D eigenvalue weighted by Gasteiger charge is -2.32. The molecule has 0 spiro atoms. The van der Waals surface area contributed by atoms with Crippen LogP contribution >= 0.6 is 0 Å². The molecule has 0 saturated carbocycles. The maximum Gasteiger partial charge on any atom is 0.0925 e. The highest BCUT2D eigenvalue weighted by Crippen LogP contribution is 2.21. The van der Waals surface area contributed by atoms with E-state index in [1.165, 1.54) is 30.4 Å². The second-order valence-electron chi connectivity index (χ2n) is 5.21. The minimum Gasteiger partial charge on any atom is -0.361 e. The molecule has 1 aromatic rings. The van der Waals surface area contributed by atoms with Crippen LogP contribution in [0.5, 0.6) is 0 Å². The van der Waals surface area contributed by atoms with Crippen molar-refractivity contribution in [3.8, 4) is 0 Å². The highest BCUT2D eigenvalue weighted by atomic mass is 15.2. The van der Waals surface area contributed by atoms with Crippen LogP contribution in [0.2, 0.25) is 0 Å². The van der Waals surface area contributed by atoms with Crippen LogP contribution in [0.1, 0.15) is 30.9 Å². The summed E-state index contributed by atoms with van der Waals surface area (Å²) in [5, 5.41) is 7.63. The van der Waals surface area contributed by atoms with E-state index in [0.29, 0.717) is 0 Å². The first-order chi connectivity index (χ1) is 8.15. The molecule has 0 aliphatic carbocycles. The van der Waals surface area contributed by atoms with E-state index >= 15 is 0 Å². The number of amidine groups is 1. The van der Waals surface area contributed by atoms with E-state index in [0.717, 1.165) is 24.8 Å². The van der Waals surface area contributed by atoms with Crippen LogP contribution in [0.15, 0.2) is 24.3 Å². The third-order valence-electron chi connectivity index (χ3n) is 3.73. The minimum atomic E-state index is 0.721. The van der Waals surface area contributed by atoms with Gasteiger partial charge in [0.15, 0.2) is 0 Å². The molecule has 2 rings (SSSR count). The molecule has 0 aromatic heterocycles. The Balaban J connectivity index is 1.85. The van der Waals surface area contributed by atoms with Crippen LogP contribution in [0.3, 0.4) is 0 Å². The molecule has 1 aromatic carbocycles. The van der Waals surface area contributed by atoms with E-state index in [1.807, 2.05) is 6.92 Å². The Bertz CT molecular complexity index is 372. The van der Waals surface area contributed by atoms with E-state index in [4.69, 9.17) is 5.41 Å². The van der Waals surface area contributed by atoms with Crippen LogP contribution < -0.4 is 0 Å². The van der Waals surface area contributed by atoms with Gasteiger partial charge in [-0.3, -0.25) is 5.41 Å². The van der Waals surface area contributed by atoms with Crippen molar-refractivity contribution >= 4 is 5.84 Å². The molecule has 1 heterocycles. The van der Waals surface area contributed by atoms with Crippen molar-refractivity contribution in [2.45, 2.75) is 33.1 Å². The summed E-state index contributed by atoms with van der Waals surface area (Å²) in [6.45, 7) is 6.15. The Morgan fingerprint density at radius 1 is 1.24 bits per heavy atom. The Morgan fingerprint density at radius 3 is 2.35 bits per heavy atom. The van der Waals surface area contributed by atoms with E-state index in [2.05, 4.69) is 36.1 Å². The van der Waals surface area contributed by atoms with E-state index in [9.17, 15) is 0 Å². The van der Waals surface area contributed by atoms with Crippen molar-refractivity contribution in [2.75, 3.05) is 13.1 Å². The van der Waals surface area contributed by atoms with Crippen molar-refractivity contribution in [2.24, 2.45) is 5.92 Å². The Labute approximate surface area is 104 Å². The first-order valence-electron chi connectivity index (χ1n) is 6.51. The molecule has 0 bridgehead atoms. The van der Waals surface area contributed by atoms with E-state index < -0.39 is 0 Å². The number of rotatable bonds is 2. The number of benzene rings is 1. The third-order valence-corrected chi connectivity index (χ3v) is 3.73. The monoisotopic (exact) mass is 230 g/mol. The second kappa shape index (κ2) is 5.35. The summed E-state index contributed by atoms with van der Waals surface area (Å²) >= 11 is 0. The number of hydrogen-bond donors (Lipinski definition) is 1. The van der Waals surface area contributed by atoms with Gasteiger partial charge >= 0.3 is 0 Å². The lowest BCUT2D eigenvalue weighted by Crippen LogP contribution is -2.37. The highest BCUT2D eigenvalue weighted by molar-refractivity contribution is 5.76. The van der Waals surface area contributed by atoms with E-state index in [-0.39, 0.29) is 0 Å². The number of hydrogen-bond acceptors (Lipinski definition) is 1. The SMILES string of the molecule is CC(=N)N1CCC(Cc2ccc(C)cc2)CC1. The van der Waals surface area contributed by atoms with Crippen LogP contribution in [-0.2, 0) is 6.42 Å². The number of piperidine rings is 1. The standard InChI is InChI=1S/C15H22N2/c1-12-3-5-14(6-4-12)11-15-7-9-17(10-8-15)13(2)16/h3-6,15-16H,7-11H2,1-2H3. The fourth-order valence-corrected chi connectivity index (χ4v) is 2.53. The molecule has 92 valence electrons. The quantitative estimate of drug-likeness (QED) is 0.613. The van der Waals surface area contributed by atoms with E-state index in [1.54, 1.807) is 0 Å². The molecule has 1 aliphatic rings. The number of nitrogens with one attached hydrogen (secondary N) is 1. The predicted octanol–water partition coefficient (Wildman–Crippen LogP) is 3.25. The predicted molar refractivity (Wildman–Crippen MR) is 72.6 cm³/mol. The molecule has 1 N–H and O–H groups in total. The van der Waals surface area contributed by atoms with Crippen molar-refractivity contribution in [3.63, 3.8) is 0 Å². The molecule has 2 nitrogen and oxygen atoms in total.